The van der Waals surface area contributed by atoms with Crippen molar-refractivity contribution in [2.45, 2.75) is 19.8 Å². The number of carbonyl (C=O) groups excluding carboxylic acids is 2. The van der Waals surface area contributed by atoms with Crippen molar-refractivity contribution in [3.05, 3.63) is 28.5 Å². The zero-order chi connectivity index (χ0) is 13.4. The summed E-state index contributed by atoms with van der Waals surface area (Å²) in [6, 6.07) is 5.10. The monoisotopic (exact) mass is 313 g/mol. The molecule has 0 bridgehead atoms. The summed E-state index contributed by atoms with van der Waals surface area (Å²) in [6.45, 7) is 2.96. The molecule has 0 unspecified atom stereocenters. The molecule has 0 aromatic carbocycles. The third kappa shape index (κ3) is 5.27. The van der Waals surface area contributed by atoms with Crippen molar-refractivity contribution in [1.29, 1.82) is 0 Å². The molecule has 98 valence electrons. The first-order chi connectivity index (χ1) is 8.63. The maximum absolute atomic E-state index is 11.7. The van der Waals surface area contributed by atoms with E-state index in [4.69, 9.17) is 0 Å². The highest BCUT2D eigenvalue weighted by molar-refractivity contribution is 9.10. The minimum absolute atomic E-state index is 0.0562. The van der Waals surface area contributed by atoms with Crippen molar-refractivity contribution in [2.75, 3.05) is 13.1 Å². The van der Waals surface area contributed by atoms with E-state index in [2.05, 4.69) is 31.5 Å². The van der Waals surface area contributed by atoms with Crippen molar-refractivity contribution in [1.82, 2.24) is 15.6 Å². The van der Waals surface area contributed by atoms with Gasteiger partial charge in [-0.05, 0) is 34.5 Å². The van der Waals surface area contributed by atoms with Gasteiger partial charge in [0, 0.05) is 19.5 Å². The van der Waals surface area contributed by atoms with Gasteiger partial charge in [0.25, 0.3) is 5.91 Å². The fraction of sp³-hybridized carbons (Fsp3) is 0.417. The van der Waals surface area contributed by atoms with E-state index in [0.29, 0.717) is 23.4 Å². The highest BCUT2D eigenvalue weighted by atomic mass is 79.9. The number of nitrogens with zero attached hydrogens (tertiary/aromatic N) is 1. The number of pyridine rings is 1. The summed E-state index contributed by atoms with van der Waals surface area (Å²) in [5.41, 5.74) is 0.332. The molecule has 6 heteroatoms. The highest BCUT2D eigenvalue weighted by Gasteiger charge is 2.07. The molecule has 1 rings (SSSR count). The molecule has 1 aromatic heterocycles. The molecule has 0 fully saturated rings. The SMILES string of the molecule is CCCNC(=O)CCNC(=O)c1cccc(Br)n1. The van der Waals surface area contributed by atoms with Crippen LogP contribution in [0.25, 0.3) is 0 Å². The van der Waals surface area contributed by atoms with Gasteiger partial charge in [0.15, 0.2) is 0 Å². The molecule has 0 aliphatic heterocycles. The van der Waals surface area contributed by atoms with Crippen LogP contribution in [0.4, 0.5) is 0 Å². The molecule has 0 aliphatic carbocycles. The summed E-state index contributed by atoms with van der Waals surface area (Å²) in [5.74, 6) is -0.334. The Balaban J connectivity index is 2.31. The lowest BCUT2D eigenvalue weighted by Gasteiger charge is -2.05. The largest absolute Gasteiger partial charge is 0.356 e. The number of rotatable bonds is 6. The lowest BCUT2D eigenvalue weighted by atomic mass is 10.3. The van der Waals surface area contributed by atoms with Crippen molar-refractivity contribution < 1.29 is 9.59 Å². The number of carbonyl (C=O) groups is 2. The minimum atomic E-state index is -0.278. The fourth-order valence-corrected chi connectivity index (χ4v) is 1.61. The highest BCUT2D eigenvalue weighted by Crippen LogP contribution is 2.05. The number of hydrogen-bond acceptors (Lipinski definition) is 3. The van der Waals surface area contributed by atoms with Gasteiger partial charge in [0.2, 0.25) is 5.91 Å². The summed E-state index contributed by atoms with van der Waals surface area (Å²) < 4.78 is 0.607. The Bertz CT molecular complexity index is 424. The van der Waals surface area contributed by atoms with Crippen molar-refractivity contribution in [3.8, 4) is 0 Å². The zero-order valence-electron chi connectivity index (χ0n) is 10.2. The van der Waals surface area contributed by atoms with Crippen LogP contribution in [0.15, 0.2) is 22.8 Å². The molecule has 2 amide bonds. The van der Waals surface area contributed by atoms with Gasteiger partial charge in [0.1, 0.15) is 10.3 Å². The van der Waals surface area contributed by atoms with E-state index in [9.17, 15) is 9.59 Å². The van der Waals surface area contributed by atoms with Gasteiger partial charge in [0.05, 0.1) is 0 Å². The molecule has 0 saturated carbocycles. The fourth-order valence-electron chi connectivity index (χ4n) is 1.27. The van der Waals surface area contributed by atoms with E-state index in [1.54, 1.807) is 18.2 Å². The van der Waals surface area contributed by atoms with Gasteiger partial charge in [-0.3, -0.25) is 9.59 Å². The van der Waals surface area contributed by atoms with Crippen LogP contribution < -0.4 is 10.6 Å². The van der Waals surface area contributed by atoms with Crippen LogP contribution >= 0.6 is 15.9 Å². The summed E-state index contributed by atoms with van der Waals surface area (Å²) in [7, 11) is 0. The molecule has 2 N–H and O–H groups in total. The summed E-state index contributed by atoms with van der Waals surface area (Å²) in [4.78, 5) is 27.0. The molecule has 0 saturated heterocycles. The molecule has 5 nitrogen and oxygen atoms in total. The van der Waals surface area contributed by atoms with Gasteiger partial charge in [-0.1, -0.05) is 13.0 Å². The second kappa shape index (κ2) is 7.81. The number of halogens is 1. The number of nitrogens with one attached hydrogen (secondary N) is 2. The lowest BCUT2D eigenvalue weighted by Crippen LogP contribution is -2.31. The second-order valence-electron chi connectivity index (χ2n) is 3.70. The third-order valence-electron chi connectivity index (χ3n) is 2.16. The quantitative estimate of drug-likeness (QED) is 0.782. The Kier molecular flexibility index (Phi) is 6.35. The van der Waals surface area contributed by atoms with Gasteiger partial charge < -0.3 is 10.6 Å². The van der Waals surface area contributed by atoms with Gasteiger partial charge in [-0.15, -0.1) is 0 Å². The molecule has 1 aromatic rings. The second-order valence-corrected chi connectivity index (χ2v) is 4.51. The summed E-state index contributed by atoms with van der Waals surface area (Å²) in [6.07, 6.45) is 1.18. The molecular weight excluding hydrogens is 298 g/mol. The van der Waals surface area contributed by atoms with Gasteiger partial charge in [-0.2, -0.15) is 0 Å². The minimum Gasteiger partial charge on any atom is -0.356 e. The first-order valence-electron chi connectivity index (χ1n) is 5.81. The average molecular weight is 314 g/mol. The molecule has 0 atom stereocenters. The summed E-state index contributed by atoms with van der Waals surface area (Å²) >= 11 is 3.20. The smallest absolute Gasteiger partial charge is 0.269 e. The maximum Gasteiger partial charge on any atom is 0.269 e. The van der Waals surface area contributed by atoms with E-state index in [1.165, 1.54) is 0 Å². The van der Waals surface area contributed by atoms with Crippen LogP contribution in [-0.2, 0) is 4.79 Å². The standard InChI is InChI=1S/C12H16BrN3O2/c1-2-7-14-11(17)6-8-15-12(18)9-4-3-5-10(13)16-9/h3-5H,2,6-8H2,1H3,(H,14,17)(H,15,18). The zero-order valence-corrected chi connectivity index (χ0v) is 11.8. The summed E-state index contributed by atoms with van der Waals surface area (Å²) in [5, 5.41) is 5.39. The molecular formula is C12H16BrN3O2. The van der Waals surface area contributed by atoms with Gasteiger partial charge >= 0.3 is 0 Å². The van der Waals surface area contributed by atoms with E-state index in [-0.39, 0.29) is 18.2 Å². The molecule has 0 radical (unpaired) electrons. The molecule has 1 heterocycles. The number of hydrogen-bond donors (Lipinski definition) is 2. The van der Waals surface area contributed by atoms with Crippen LogP contribution in [0.1, 0.15) is 30.3 Å². The van der Waals surface area contributed by atoms with E-state index >= 15 is 0 Å². The van der Waals surface area contributed by atoms with E-state index < -0.39 is 0 Å². The Hall–Kier alpha value is -1.43. The predicted molar refractivity (Wildman–Crippen MR) is 72.2 cm³/mol. The lowest BCUT2D eigenvalue weighted by molar-refractivity contribution is -0.120. The molecule has 0 spiro atoms. The normalized spacial score (nSPS) is 9.89. The Morgan fingerprint density at radius 3 is 2.72 bits per heavy atom. The van der Waals surface area contributed by atoms with Gasteiger partial charge in [-0.25, -0.2) is 4.98 Å². The first-order valence-corrected chi connectivity index (χ1v) is 6.60. The van der Waals surface area contributed by atoms with Crippen LogP contribution in [0, 0.1) is 0 Å². The van der Waals surface area contributed by atoms with Crippen molar-refractivity contribution >= 4 is 27.7 Å². The molecule has 0 aliphatic rings. The van der Waals surface area contributed by atoms with Crippen molar-refractivity contribution in [3.63, 3.8) is 0 Å². The molecule has 18 heavy (non-hydrogen) atoms. The average Bonchev–Trinajstić information content (AvgIpc) is 2.36. The first kappa shape index (κ1) is 14.6. The Morgan fingerprint density at radius 1 is 1.28 bits per heavy atom. The van der Waals surface area contributed by atoms with Crippen LogP contribution in [0.3, 0.4) is 0 Å². The number of aromatic nitrogens is 1. The third-order valence-corrected chi connectivity index (χ3v) is 2.60. The van der Waals surface area contributed by atoms with E-state index in [1.807, 2.05) is 6.92 Å². The van der Waals surface area contributed by atoms with Crippen molar-refractivity contribution in [2.24, 2.45) is 0 Å². The predicted octanol–water partition coefficient (Wildman–Crippen LogP) is 1.49. The topological polar surface area (TPSA) is 71.1 Å². The van der Waals surface area contributed by atoms with E-state index in [0.717, 1.165) is 6.42 Å². The van der Waals surface area contributed by atoms with Crippen LogP contribution in [0.5, 0.6) is 0 Å². The van der Waals surface area contributed by atoms with Crippen LogP contribution in [-0.4, -0.2) is 29.9 Å². The Morgan fingerprint density at radius 2 is 2.06 bits per heavy atom. The maximum atomic E-state index is 11.7. The Labute approximate surface area is 114 Å². The van der Waals surface area contributed by atoms with Crippen LogP contribution in [0.2, 0.25) is 0 Å². The number of amides is 2.